The fourth-order valence-electron chi connectivity index (χ4n) is 1.46. The highest BCUT2D eigenvalue weighted by molar-refractivity contribution is 5.78. The Hall–Kier alpha value is -1.89. The summed E-state index contributed by atoms with van der Waals surface area (Å²) in [6.07, 6.45) is 1.61. The summed E-state index contributed by atoms with van der Waals surface area (Å²) in [6.45, 7) is 2.43. The summed E-state index contributed by atoms with van der Waals surface area (Å²) >= 11 is 0. The summed E-state index contributed by atoms with van der Waals surface area (Å²) in [7, 11) is 3.49. The number of carbonyl (C=O) groups is 1. The van der Waals surface area contributed by atoms with Crippen LogP contribution in [0.25, 0.3) is 0 Å². The van der Waals surface area contributed by atoms with Crippen molar-refractivity contribution < 1.29 is 4.79 Å². The van der Waals surface area contributed by atoms with Crippen LogP contribution in [0.2, 0.25) is 0 Å². The molecule has 7 nitrogen and oxygen atoms in total. The van der Waals surface area contributed by atoms with E-state index < -0.39 is 0 Å². The van der Waals surface area contributed by atoms with Crippen molar-refractivity contribution in [3.8, 4) is 0 Å². The third-order valence-corrected chi connectivity index (χ3v) is 2.40. The quantitative estimate of drug-likeness (QED) is 0.476. The number of carbonyl (C=O) groups excluding carboxylic acids is 1. The first kappa shape index (κ1) is 13.2. The van der Waals surface area contributed by atoms with Crippen molar-refractivity contribution in [1.82, 2.24) is 15.3 Å². The molecule has 0 spiro atoms. The largest absolute Gasteiger partial charge is 0.359 e. The molecule has 0 aliphatic rings. The van der Waals surface area contributed by atoms with Crippen LogP contribution >= 0.6 is 0 Å². The standard InChI is InChI=1S/C10H18N6O/c1-7(9(17)12-2)6-16(3)8-4-5-13-10(14-8)15-11/h4-5,7H,6,11H2,1-3H3,(H,12,17)(H,13,14,15). The van der Waals surface area contributed by atoms with Crippen molar-refractivity contribution in [2.45, 2.75) is 6.92 Å². The van der Waals surface area contributed by atoms with Gasteiger partial charge in [-0.2, -0.15) is 4.98 Å². The molecule has 0 aliphatic carbocycles. The van der Waals surface area contributed by atoms with Crippen LogP contribution in [0.3, 0.4) is 0 Å². The Morgan fingerprint density at radius 3 is 2.94 bits per heavy atom. The molecular weight excluding hydrogens is 220 g/mol. The lowest BCUT2D eigenvalue weighted by atomic mass is 10.1. The maximum absolute atomic E-state index is 11.4. The van der Waals surface area contributed by atoms with Gasteiger partial charge in [-0.1, -0.05) is 6.92 Å². The van der Waals surface area contributed by atoms with Crippen LogP contribution in [0.4, 0.5) is 11.8 Å². The molecule has 0 saturated carbocycles. The van der Waals surface area contributed by atoms with Crippen LogP contribution in [0.5, 0.6) is 0 Å². The number of amides is 1. The maximum Gasteiger partial charge on any atom is 0.239 e. The van der Waals surface area contributed by atoms with E-state index in [1.54, 1.807) is 19.3 Å². The van der Waals surface area contributed by atoms with Gasteiger partial charge in [-0.3, -0.25) is 10.2 Å². The summed E-state index contributed by atoms with van der Waals surface area (Å²) in [6, 6.07) is 1.76. The average Bonchev–Trinajstić information content (AvgIpc) is 2.37. The zero-order valence-corrected chi connectivity index (χ0v) is 10.3. The van der Waals surface area contributed by atoms with E-state index in [0.29, 0.717) is 18.3 Å². The van der Waals surface area contributed by atoms with Crippen LogP contribution in [0.1, 0.15) is 6.92 Å². The first-order chi connectivity index (χ1) is 8.08. The van der Waals surface area contributed by atoms with Crippen molar-refractivity contribution in [2.24, 2.45) is 11.8 Å². The highest BCUT2D eigenvalue weighted by Gasteiger charge is 2.14. The number of nitrogens with two attached hydrogens (primary N) is 1. The molecule has 0 aromatic carbocycles. The van der Waals surface area contributed by atoms with Gasteiger partial charge < -0.3 is 10.2 Å². The predicted octanol–water partition coefficient (Wildman–Crippen LogP) is -0.419. The lowest BCUT2D eigenvalue weighted by molar-refractivity contribution is -0.123. The molecule has 1 amide bonds. The Kier molecular flexibility index (Phi) is 4.65. The first-order valence-electron chi connectivity index (χ1n) is 5.31. The van der Waals surface area contributed by atoms with E-state index in [0.717, 1.165) is 0 Å². The molecule has 94 valence electrons. The second-order valence-electron chi connectivity index (χ2n) is 3.78. The summed E-state index contributed by atoms with van der Waals surface area (Å²) < 4.78 is 0. The van der Waals surface area contributed by atoms with E-state index >= 15 is 0 Å². The Morgan fingerprint density at radius 1 is 1.65 bits per heavy atom. The number of anilines is 2. The molecular formula is C10H18N6O. The Morgan fingerprint density at radius 2 is 2.35 bits per heavy atom. The van der Waals surface area contributed by atoms with Crippen molar-refractivity contribution >= 4 is 17.7 Å². The summed E-state index contributed by atoms with van der Waals surface area (Å²) in [5.74, 6) is 6.18. The number of nitrogen functional groups attached to an aromatic ring is 1. The van der Waals surface area contributed by atoms with Gasteiger partial charge in [0.1, 0.15) is 5.82 Å². The third-order valence-electron chi connectivity index (χ3n) is 2.40. The second-order valence-corrected chi connectivity index (χ2v) is 3.78. The minimum absolute atomic E-state index is 0.00285. The molecule has 7 heteroatoms. The minimum Gasteiger partial charge on any atom is -0.359 e. The van der Waals surface area contributed by atoms with Crippen molar-refractivity contribution in [2.75, 3.05) is 31.0 Å². The fraction of sp³-hybridized carbons (Fsp3) is 0.500. The number of nitrogens with zero attached hydrogens (tertiary/aromatic N) is 3. The molecule has 1 aromatic heterocycles. The molecule has 1 heterocycles. The van der Waals surface area contributed by atoms with Crippen molar-refractivity contribution in [3.63, 3.8) is 0 Å². The molecule has 0 aliphatic heterocycles. The first-order valence-corrected chi connectivity index (χ1v) is 5.31. The topological polar surface area (TPSA) is 96.2 Å². The Bertz CT molecular complexity index is 383. The van der Waals surface area contributed by atoms with Gasteiger partial charge in [0.25, 0.3) is 0 Å². The lowest BCUT2D eigenvalue weighted by Crippen LogP contribution is -2.34. The monoisotopic (exact) mass is 238 g/mol. The fourth-order valence-corrected chi connectivity index (χ4v) is 1.46. The van der Waals surface area contributed by atoms with E-state index in [4.69, 9.17) is 5.84 Å². The number of nitrogens with one attached hydrogen (secondary N) is 2. The summed E-state index contributed by atoms with van der Waals surface area (Å²) in [5.41, 5.74) is 2.38. The van der Waals surface area contributed by atoms with E-state index in [1.807, 2.05) is 18.9 Å². The van der Waals surface area contributed by atoms with Gasteiger partial charge in [-0.05, 0) is 6.07 Å². The molecule has 4 N–H and O–H groups in total. The van der Waals surface area contributed by atoms with Crippen LogP contribution in [-0.4, -0.2) is 36.5 Å². The molecule has 0 saturated heterocycles. The zero-order valence-electron chi connectivity index (χ0n) is 10.3. The number of hydrogen-bond acceptors (Lipinski definition) is 6. The summed E-state index contributed by atoms with van der Waals surface area (Å²) in [4.78, 5) is 21.4. The minimum atomic E-state index is -0.116. The Labute approximate surface area is 100 Å². The summed E-state index contributed by atoms with van der Waals surface area (Å²) in [5, 5.41) is 2.61. The van der Waals surface area contributed by atoms with Gasteiger partial charge >= 0.3 is 0 Å². The van der Waals surface area contributed by atoms with E-state index in [9.17, 15) is 4.79 Å². The van der Waals surface area contributed by atoms with Gasteiger partial charge in [0.05, 0.1) is 5.92 Å². The lowest BCUT2D eigenvalue weighted by Gasteiger charge is -2.21. The van der Waals surface area contributed by atoms with Gasteiger partial charge in [0, 0.05) is 26.8 Å². The predicted molar refractivity (Wildman–Crippen MR) is 66.3 cm³/mol. The SMILES string of the molecule is CNC(=O)C(C)CN(C)c1ccnc(NN)n1. The normalized spacial score (nSPS) is 11.8. The van der Waals surface area contributed by atoms with Gasteiger partial charge in [-0.15, -0.1) is 0 Å². The van der Waals surface area contributed by atoms with Gasteiger partial charge in [-0.25, -0.2) is 10.8 Å². The van der Waals surface area contributed by atoms with Crippen LogP contribution in [0.15, 0.2) is 12.3 Å². The second kappa shape index (κ2) is 6.00. The van der Waals surface area contributed by atoms with Crippen molar-refractivity contribution in [3.05, 3.63) is 12.3 Å². The average molecular weight is 238 g/mol. The number of rotatable bonds is 5. The molecule has 0 fully saturated rings. The highest BCUT2D eigenvalue weighted by Crippen LogP contribution is 2.11. The van der Waals surface area contributed by atoms with E-state index in [-0.39, 0.29) is 11.8 Å². The maximum atomic E-state index is 11.4. The number of hydrogen-bond donors (Lipinski definition) is 3. The molecule has 1 aromatic rings. The van der Waals surface area contributed by atoms with E-state index in [1.165, 1.54) is 0 Å². The number of hydrazine groups is 1. The smallest absolute Gasteiger partial charge is 0.239 e. The molecule has 0 bridgehead atoms. The van der Waals surface area contributed by atoms with Gasteiger partial charge in [0.2, 0.25) is 11.9 Å². The van der Waals surface area contributed by atoms with Crippen LogP contribution in [-0.2, 0) is 4.79 Å². The Balaban J connectivity index is 2.68. The third kappa shape index (κ3) is 3.56. The molecule has 1 rings (SSSR count). The zero-order chi connectivity index (χ0) is 12.8. The number of aromatic nitrogens is 2. The highest BCUT2D eigenvalue weighted by atomic mass is 16.1. The van der Waals surface area contributed by atoms with Crippen molar-refractivity contribution in [1.29, 1.82) is 0 Å². The van der Waals surface area contributed by atoms with Crippen LogP contribution in [0, 0.1) is 5.92 Å². The molecule has 1 atom stereocenters. The molecule has 17 heavy (non-hydrogen) atoms. The molecule has 1 unspecified atom stereocenters. The van der Waals surface area contributed by atoms with Crippen LogP contribution < -0.4 is 21.5 Å². The molecule has 0 radical (unpaired) electrons. The van der Waals surface area contributed by atoms with Gasteiger partial charge in [0.15, 0.2) is 0 Å². The van der Waals surface area contributed by atoms with E-state index in [2.05, 4.69) is 20.7 Å².